The molecule has 0 saturated carbocycles. The fourth-order valence-corrected chi connectivity index (χ4v) is 3.40. The molecule has 0 aromatic heterocycles. The van der Waals surface area contributed by atoms with Crippen molar-refractivity contribution in [2.45, 2.75) is 57.9 Å². The standard InChI is InChI=1S/C21H28F3N3O2/c1-20(2,3)29-19(28)27-13-11-26(12-14-27)18(9-4-5-10-25)16-7-6-8-17(15-16)21(22,23)24/h6-8,15,18H,4-5,9,11-14H2,1-3H3. The van der Waals surface area contributed by atoms with Gasteiger partial charge in [0.05, 0.1) is 11.6 Å². The van der Waals surface area contributed by atoms with Crippen LogP contribution >= 0.6 is 0 Å². The lowest BCUT2D eigenvalue weighted by Gasteiger charge is -2.40. The minimum absolute atomic E-state index is 0.230. The molecule has 0 radical (unpaired) electrons. The van der Waals surface area contributed by atoms with Gasteiger partial charge in [0.2, 0.25) is 0 Å². The largest absolute Gasteiger partial charge is 0.444 e. The number of nitriles is 1. The van der Waals surface area contributed by atoms with Gasteiger partial charge in [-0.15, -0.1) is 0 Å². The van der Waals surface area contributed by atoms with Crippen molar-refractivity contribution >= 4 is 6.09 Å². The van der Waals surface area contributed by atoms with Crippen molar-refractivity contribution in [2.24, 2.45) is 0 Å². The quantitative estimate of drug-likeness (QED) is 0.641. The molecule has 0 aliphatic carbocycles. The van der Waals surface area contributed by atoms with Crippen LogP contribution in [-0.4, -0.2) is 47.7 Å². The number of carbonyl (C=O) groups excluding carboxylic acids is 1. The Morgan fingerprint density at radius 2 is 1.86 bits per heavy atom. The molecule has 1 aliphatic heterocycles. The molecule has 1 fully saturated rings. The van der Waals surface area contributed by atoms with Crippen molar-refractivity contribution < 1.29 is 22.7 Å². The summed E-state index contributed by atoms with van der Waals surface area (Å²) in [6, 6.07) is 7.24. The average Bonchev–Trinajstić information content (AvgIpc) is 2.63. The van der Waals surface area contributed by atoms with Crippen LogP contribution in [0.25, 0.3) is 0 Å². The molecule has 0 bridgehead atoms. The molecule has 1 unspecified atom stereocenters. The van der Waals surface area contributed by atoms with Gasteiger partial charge < -0.3 is 9.64 Å². The van der Waals surface area contributed by atoms with Crippen molar-refractivity contribution in [2.75, 3.05) is 26.2 Å². The normalized spacial score (nSPS) is 16.9. The van der Waals surface area contributed by atoms with Gasteiger partial charge in [-0.1, -0.05) is 12.1 Å². The Bertz CT molecular complexity index is 730. The highest BCUT2D eigenvalue weighted by atomic mass is 19.4. The van der Waals surface area contributed by atoms with E-state index < -0.39 is 17.3 Å². The van der Waals surface area contributed by atoms with E-state index >= 15 is 0 Å². The van der Waals surface area contributed by atoms with E-state index in [1.54, 1.807) is 31.7 Å². The molecule has 1 saturated heterocycles. The molecule has 0 spiro atoms. The SMILES string of the molecule is CC(C)(C)OC(=O)N1CCN(C(CCCC#N)c2cccc(C(F)(F)F)c2)CC1. The number of unbranched alkanes of at least 4 members (excludes halogenated alkanes) is 1. The lowest BCUT2D eigenvalue weighted by molar-refractivity contribution is -0.137. The maximum atomic E-state index is 13.1. The first-order valence-electron chi connectivity index (χ1n) is 9.77. The number of carbonyl (C=O) groups is 1. The third-order valence-electron chi connectivity index (χ3n) is 4.77. The van der Waals surface area contributed by atoms with E-state index in [-0.39, 0.29) is 12.1 Å². The van der Waals surface area contributed by atoms with Crippen LogP contribution in [0.5, 0.6) is 0 Å². The molecular formula is C21H28F3N3O2. The summed E-state index contributed by atoms with van der Waals surface area (Å²) in [5.74, 6) is 0. The Kier molecular flexibility index (Phi) is 7.53. The summed E-state index contributed by atoms with van der Waals surface area (Å²) in [5.41, 5.74) is -0.664. The molecule has 0 N–H and O–H groups in total. The number of piperazine rings is 1. The number of halogens is 3. The monoisotopic (exact) mass is 411 g/mol. The maximum absolute atomic E-state index is 13.1. The molecule has 1 aromatic carbocycles. The van der Waals surface area contributed by atoms with Crippen LogP contribution < -0.4 is 0 Å². The third-order valence-corrected chi connectivity index (χ3v) is 4.77. The number of benzene rings is 1. The summed E-state index contributed by atoms with van der Waals surface area (Å²) in [7, 11) is 0. The molecule has 1 aromatic rings. The lowest BCUT2D eigenvalue weighted by Crippen LogP contribution is -2.50. The first-order chi connectivity index (χ1) is 13.5. The molecule has 160 valence electrons. The first-order valence-corrected chi connectivity index (χ1v) is 9.77. The van der Waals surface area contributed by atoms with Crippen molar-refractivity contribution in [3.05, 3.63) is 35.4 Å². The zero-order valence-electron chi connectivity index (χ0n) is 17.1. The third kappa shape index (κ3) is 6.93. The van der Waals surface area contributed by atoms with Gasteiger partial charge in [-0.25, -0.2) is 4.79 Å². The van der Waals surface area contributed by atoms with Crippen molar-refractivity contribution in [1.82, 2.24) is 9.80 Å². The predicted molar refractivity (Wildman–Crippen MR) is 103 cm³/mol. The van der Waals surface area contributed by atoms with Gasteiger partial charge in [-0.05, 0) is 51.3 Å². The fourth-order valence-electron chi connectivity index (χ4n) is 3.40. The van der Waals surface area contributed by atoms with Gasteiger partial charge in [0.25, 0.3) is 0 Å². The topological polar surface area (TPSA) is 56.6 Å². The Balaban J connectivity index is 2.12. The minimum Gasteiger partial charge on any atom is -0.444 e. The highest BCUT2D eigenvalue weighted by Crippen LogP contribution is 2.34. The van der Waals surface area contributed by atoms with Gasteiger partial charge in [-0.3, -0.25) is 4.90 Å². The average molecular weight is 411 g/mol. The van der Waals surface area contributed by atoms with E-state index in [1.807, 2.05) is 0 Å². The second kappa shape index (κ2) is 9.49. The van der Waals surface area contributed by atoms with E-state index in [2.05, 4.69) is 11.0 Å². The number of hydrogen-bond acceptors (Lipinski definition) is 4. The first kappa shape index (κ1) is 23.0. The van der Waals surface area contributed by atoms with Crippen LogP contribution in [-0.2, 0) is 10.9 Å². The van der Waals surface area contributed by atoms with Crippen LogP contribution in [0.1, 0.15) is 57.2 Å². The van der Waals surface area contributed by atoms with Crippen molar-refractivity contribution in [3.8, 4) is 6.07 Å². The van der Waals surface area contributed by atoms with E-state index in [0.717, 1.165) is 6.07 Å². The Morgan fingerprint density at radius 1 is 1.21 bits per heavy atom. The van der Waals surface area contributed by atoms with Crippen LogP contribution in [0.4, 0.5) is 18.0 Å². The van der Waals surface area contributed by atoms with Crippen molar-refractivity contribution in [3.63, 3.8) is 0 Å². The van der Waals surface area contributed by atoms with Gasteiger partial charge in [0.15, 0.2) is 0 Å². The van der Waals surface area contributed by atoms with Crippen LogP contribution in [0.2, 0.25) is 0 Å². The Morgan fingerprint density at radius 3 is 2.41 bits per heavy atom. The molecule has 1 amide bonds. The van der Waals surface area contributed by atoms with Crippen LogP contribution in [0.3, 0.4) is 0 Å². The molecule has 1 atom stereocenters. The number of hydrogen-bond donors (Lipinski definition) is 0. The highest BCUT2D eigenvalue weighted by Gasteiger charge is 2.33. The van der Waals surface area contributed by atoms with Gasteiger partial charge in [0.1, 0.15) is 5.60 Å². The molecule has 5 nitrogen and oxygen atoms in total. The summed E-state index contributed by atoms with van der Waals surface area (Å²) in [6.07, 6.45) is -3.24. The smallest absolute Gasteiger partial charge is 0.416 e. The van der Waals surface area contributed by atoms with Crippen LogP contribution in [0.15, 0.2) is 24.3 Å². The number of alkyl halides is 3. The number of rotatable bonds is 5. The molecular weight excluding hydrogens is 383 g/mol. The summed E-state index contributed by atoms with van der Waals surface area (Å²) in [4.78, 5) is 16.0. The maximum Gasteiger partial charge on any atom is 0.416 e. The van der Waals surface area contributed by atoms with Gasteiger partial charge in [-0.2, -0.15) is 18.4 Å². The summed E-state index contributed by atoms with van der Waals surface area (Å²) in [6.45, 7) is 7.38. The van der Waals surface area contributed by atoms with E-state index in [9.17, 15) is 18.0 Å². The predicted octanol–water partition coefficient (Wildman–Crippen LogP) is 4.99. The van der Waals surface area contributed by atoms with E-state index in [4.69, 9.17) is 10.00 Å². The number of ether oxygens (including phenoxy) is 1. The molecule has 2 rings (SSSR count). The zero-order valence-corrected chi connectivity index (χ0v) is 17.1. The molecule has 8 heteroatoms. The van der Waals surface area contributed by atoms with Gasteiger partial charge >= 0.3 is 12.3 Å². The van der Waals surface area contributed by atoms with Gasteiger partial charge in [0, 0.05) is 38.6 Å². The highest BCUT2D eigenvalue weighted by molar-refractivity contribution is 5.68. The molecule has 1 aliphatic rings. The number of nitrogens with zero attached hydrogens (tertiary/aromatic N) is 3. The number of amides is 1. The van der Waals surface area contributed by atoms with E-state index in [1.165, 1.54) is 12.1 Å². The van der Waals surface area contributed by atoms with Crippen LogP contribution in [0, 0.1) is 11.3 Å². The second-order valence-corrected chi connectivity index (χ2v) is 8.19. The second-order valence-electron chi connectivity index (χ2n) is 8.19. The minimum atomic E-state index is -4.40. The van der Waals surface area contributed by atoms with E-state index in [0.29, 0.717) is 51.0 Å². The Hall–Kier alpha value is -2.27. The Labute approximate surface area is 170 Å². The zero-order chi connectivity index (χ0) is 21.7. The summed E-state index contributed by atoms with van der Waals surface area (Å²) < 4.78 is 44.8. The molecule has 1 heterocycles. The molecule has 29 heavy (non-hydrogen) atoms. The summed E-state index contributed by atoms with van der Waals surface area (Å²) >= 11 is 0. The fraction of sp³-hybridized carbons (Fsp3) is 0.619. The summed E-state index contributed by atoms with van der Waals surface area (Å²) in [5, 5.41) is 8.83. The lowest BCUT2D eigenvalue weighted by atomic mass is 9.97. The van der Waals surface area contributed by atoms with Crippen molar-refractivity contribution in [1.29, 1.82) is 5.26 Å².